The minimum Gasteiger partial charge on any atom is -0.321 e. The summed E-state index contributed by atoms with van der Waals surface area (Å²) < 4.78 is 26.7. The molecule has 1 aromatic carbocycles. The van der Waals surface area contributed by atoms with E-state index in [1.54, 1.807) is 6.07 Å². The highest BCUT2D eigenvalue weighted by Crippen LogP contribution is 2.19. The molecule has 8 nitrogen and oxygen atoms in total. The van der Waals surface area contributed by atoms with Crippen molar-refractivity contribution in [3.8, 4) is 0 Å². The van der Waals surface area contributed by atoms with Crippen LogP contribution in [0.4, 0.5) is 5.69 Å². The number of anilines is 1. The van der Waals surface area contributed by atoms with Crippen LogP contribution < -0.4 is 10.0 Å². The van der Waals surface area contributed by atoms with E-state index in [0.29, 0.717) is 11.3 Å². The SMILES string of the molecule is C=CCNS(=O)(=O)c1cccc(C(=O)Nc2cnc3n[nH]c(C)c3c2)c1. The van der Waals surface area contributed by atoms with Crippen LogP contribution in [-0.4, -0.2) is 36.1 Å². The van der Waals surface area contributed by atoms with Gasteiger partial charge in [0, 0.05) is 23.2 Å². The van der Waals surface area contributed by atoms with E-state index in [0.717, 1.165) is 11.1 Å². The second kappa shape index (κ2) is 7.06. The summed E-state index contributed by atoms with van der Waals surface area (Å²) in [5.41, 5.74) is 2.10. The van der Waals surface area contributed by atoms with Gasteiger partial charge in [0.15, 0.2) is 5.65 Å². The van der Waals surface area contributed by atoms with Crippen molar-refractivity contribution in [2.24, 2.45) is 0 Å². The fourth-order valence-electron chi connectivity index (χ4n) is 2.35. The van der Waals surface area contributed by atoms with Crippen LogP contribution in [0.2, 0.25) is 0 Å². The first-order chi connectivity index (χ1) is 12.4. The molecule has 0 saturated carbocycles. The van der Waals surface area contributed by atoms with E-state index in [9.17, 15) is 13.2 Å². The van der Waals surface area contributed by atoms with Crippen molar-refractivity contribution in [3.05, 3.63) is 60.4 Å². The molecule has 0 fully saturated rings. The average Bonchev–Trinajstić information content (AvgIpc) is 3.01. The zero-order valence-corrected chi connectivity index (χ0v) is 14.8. The Balaban J connectivity index is 1.84. The Bertz CT molecular complexity index is 1090. The average molecular weight is 371 g/mol. The van der Waals surface area contributed by atoms with Gasteiger partial charge in [0.2, 0.25) is 10.0 Å². The molecular weight excluding hydrogens is 354 g/mol. The van der Waals surface area contributed by atoms with Gasteiger partial charge in [-0.1, -0.05) is 12.1 Å². The second-order valence-corrected chi connectivity index (χ2v) is 7.33. The number of fused-ring (bicyclic) bond motifs is 1. The molecule has 3 N–H and O–H groups in total. The lowest BCUT2D eigenvalue weighted by Gasteiger charge is -2.08. The Morgan fingerprint density at radius 1 is 1.35 bits per heavy atom. The first kappa shape index (κ1) is 17.8. The van der Waals surface area contributed by atoms with Crippen LogP contribution in [-0.2, 0) is 10.0 Å². The molecule has 2 aromatic heterocycles. The van der Waals surface area contributed by atoms with Crippen LogP contribution in [0, 0.1) is 6.92 Å². The number of nitrogens with one attached hydrogen (secondary N) is 3. The molecule has 134 valence electrons. The maximum absolute atomic E-state index is 12.5. The molecule has 9 heteroatoms. The molecule has 0 unspecified atom stereocenters. The van der Waals surface area contributed by atoms with E-state index in [2.05, 4.69) is 31.8 Å². The fraction of sp³-hybridized carbons (Fsp3) is 0.118. The molecule has 3 aromatic rings. The number of H-pyrrole nitrogens is 1. The summed E-state index contributed by atoms with van der Waals surface area (Å²) in [7, 11) is -3.70. The van der Waals surface area contributed by atoms with Gasteiger partial charge < -0.3 is 5.32 Å². The van der Waals surface area contributed by atoms with Gasteiger partial charge in [0.25, 0.3) is 5.91 Å². The second-order valence-electron chi connectivity index (χ2n) is 5.57. The Kier molecular flexibility index (Phi) is 4.83. The van der Waals surface area contributed by atoms with Gasteiger partial charge in [-0.2, -0.15) is 5.10 Å². The largest absolute Gasteiger partial charge is 0.321 e. The van der Waals surface area contributed by atoms with Crippen LogP contribution in [0.15, 0.2) is 54.1 Å². The Hall–Kier alpha value is -3.04. The van der Waals surface area contributed by atoms with E-state index in [1.165, 1.54) is 36.5 Å². The maximum Gasteiger partial charge on any atom is 0.255 e. The van der Waals surface area contributed by atoms with Gasteiger partial charge in [-0.05, 0) is 31.2 Å². The highest BCUT2D eigenvalue weighted by atomic mass is 32.2. The van der Waals surface area contributed by atoms with Crippen molar-refractivity contribution in [3.63, 3.8) is 0 Å². The molecule has 3 rings (SSSR count). The van der Waals surface area contributed by atoms with E-state index in [1.807, 2.05) is 6.92 Å². The monoisotopic (exact) mass is 371 g/mol. The highest BCUT2D eigenvalue weighted by molar-refractivity contribution is 7.89. The molecule has 26 heavy (non-hydrogen) atoms. The van der Waals surface area contributed by atoms with Crippen LogP contribution in [0.3, 0.4) is 0 Å². The lowest BCUT2D eigenvalue weighted by atomic mass is 10.2. The zero-order valence-electron chi connectivity index (χ0n) is 14.0. The van der Waals surface area contributed by atoms with Crippen molar-refractivity contribution in [1.29, 1.82) is 0 Å². The predicted octanol–water partition coefficient (Wildman–Crippen LogP) is 1.98. The number of nitrogens with zero attached hydrogens (tertiary/aromatic N) is 2. The summed E-state index contributed by atoms with van der Waals surface area (Å²) in [6, 6.07) is 7.54. The van der Waals surface area contributed by atoms with Crippen LogP contribution in [0.25, 0.3) is 11.0 Å². The normalized spacial score (nSPS) is 11.4. The number of carbonyl (C=O) groups is 1. The van der Waals surface area contributed by atoms with Crippen molar-refractivity contribution < 1.29 is 13.2 Å². The molecule has 0 spiro atoms. The third kappa shape index (κ3) is 3.63. The first-order valence-electron chi connectivity index (χ1n) is 7.73. The Morgan fingerprint density at radius 3 is 2.92 bits per heavy atom. The zero-order chi connectivity index (χ0) is 18.7. The van der Waals surface area contributed by atoms with Crippen LogP contribution in [0.1, 0.15) is 16.1 Å². The number of benzene rings is 1. The molecule has 0 atom stereocenters. The molecule has 0 aliphatic carbocycles. The quantitative estimate of drug-likeness (QED) is 0.573. The van der Waals surface area contributed by atoms with Crippen LogP contribution >= 0.6 is 0 Å². The van der Waals surface area contributed by atoms with Gasteiger partial charge in [-0.3, -0.25) is 9.89 Å². The lowest BCUT2D eigenvalue weighted by Crippen LogP contribution is -2.24. The number of pyridine rings is 1. The summed E-state index contributed by atoms with van der Waals surface area (Å²) in [5, 5.41) is 10.4. The molecule has 0 radical (unpaired) electrons. The summed E-state index contributed by atoms with van der Waals surface area (Å²) >= 11 is 0. The van der Waals surface area contributed by atoms with Crippen molar-refractivity contribution >= 4 is 32.7 Å². The number of amides is 1. The number of rotatable bonds is 6. The molecule has 1 amide bonds. The number of carbonyl (C=O) groups excluding carboxylic acids is 1. The van der Waals surface area contributed by atoms with E-state index >= 15 is 0 Å². The molecule has 0 aliphatic rings. The number of aromatic amines is 1. The third-order valence-electron chi connectivity index (χ3n) is 3.68. The summed E-state index contributed by atoms with van der Waals surface area (Å²) in [4.78, 5) is 16.6. The maximum atomic E-state index is 12.5. The van der Waals surface area contributed by atoms with E-state index in [4.69, 9.17) is 0 Å². The van der Waals surface area contributed by atoms with Crippen LogP contribution in [0.5, 0.6) is 0 Å². The summed E-state index contributed by atoms with van der Waals surface area (Å²) in [6.45, 7) is 5.43. The number of aromatic nitrogens is 3. The van der Waals surface area contributed by atoms with E-state index in [-0.39, 0.29) is 17.0 Å². The molecule has 0 bridgehead atoms. The molecular formula is C17H17N5O3S. The van der Waals surface area contributed by atoms with E-state index < -0.39 is 15.9 Å². The molecule has 0 saturated heterocycles. The number of hydrogen-bond donors (Lipinski definition) is 3. The molecule has 2 heterocycles. The van der Waals surface area contributed by atoms with Crippen molar-refractivity contribution in [1.82, 2.24) is 19.9 Å². The molecule has 0 aliphatic heterocycles. The lowest BCUT2D eigenvalue weighted by molar-refractivity contribution is 0.102. The van der Waals surface area contributed by atoms with Gasteiger partial charge in [-0.15, -0.1) is 6.58 Å². The van der Waals surface area contributed by atoms with Gasteiger partial charge in [0.05, 0.1) is 16.8 Å². The topological polar surface area (TPSA) is 117 Å². The standard InChI is InChI=1S/C17H17N5O3S/c1-3-7-19-26(24,25)14-6-4-5-12(8-14)17(23)20-13-9-15-11(2)21-22-16(15)18-10-13/h3-6,8-10,19H,1,7H2,2H3,(H,20,23)(H,18,21,22). The Labute approximate surface area is 150 Å². The smallest absolute Gasteiger partial charge is 0.255 e. The summed E-state index contributed by atoms with van der Waals surface area (Å²) in [6.07, 6.45) is 2.93. The highest BCUT2D eigenvalue weighted by Gasteiger charge is 2.16. The number of aryl methyl sites for hydroxylation is 1. The van der Waals surface area contributed by atoms with Gasteiger partial charge in [-0.25, -0.2) is 18.1 Å². The first-order valence-corrected chi connectivity index (χ1v) is 9.22. The third-order valence-corrected chi connectivity index (χ3v) is 5.10. The Morgan fingerprint density at radius 2 is 2.15 bits per heavy atom. The number of sulfonamides is 1. The van der Waals surface area contributed by atoms with Gasteiger partial charge >= 0.3 is 0 Å². The van der Waals surface area contributed by atoms with Crippen molar-refractivity contribution in [2.45, 2.75) is 11.8 Å². The minimum atomic E-state index is -3.70. The van der Waals surface area contributed by atoms with Crippen molar-refractivity contribution in [2.75, 3.05) is 11.9 Å². The fourth-order valence-corrected chi connectivity index (χ4v) is 3.39. The van der Waals surface area contributed by atoms with Gasteiger partial charge in [0.1, 0.15) is 0 Å². The predicted molar refractivity (Wildman–Crippen MR) is 98.4 cm³/mol. The number of hydrogen-bond acceptors (Lipinski definition) is 5. The summed E-state index contributed by atoms with van der Waals surface area (Å²) in [5.74, 6) is -0.437. The minimum absolute atomic E-state index is 0.00579.